The number of ether oxygens (including phenoxy) is 5. The van der Waals surface area contributed by atoms with E-state index in [0.717, 1.165) is 0 Å². The highest BCUT2D eigenvalue weighted by Gasteiger charge is 2.54. The first-order valence-electron chi connectivity index (χ1n) is 6.15. The second kappa shape index (κ2) is 3.65. The van der Waals surface area contributed by atoms with Crippen molar-refractivity contribution in [2.24, 2.45) is 0 Å². The van der Waals surface area contributed by atoms with E-state index in [9.17, 15) is 0 Å². The van der Waals surface area contributed by atoms with E-state index in [2.05, 4.69) is 0 Å². The molecule has 5 heteroatoms. The number of hydrogen-bond acceptors (Lipinski definition) is 5. The zero-order chi connectivity index (χ0) is 12.3. The van der Waals surface area contributed by atoms with Crippen molar-refractivity contribution in [3.05, 3.63) is 0 Å². The molecule has 0 aliphatic carbocycles. The van der Waals surface area contributed by atoms with E-state index < -0.39 is 11.6 Å². The van der Waals surface area contributed by atoms with Crippen LogP contribution in [0.25, 0.3) is 0 Å². The normalized spacial score (nSPS) is 47.3. The van der Waals surface area contributed by atoms with Gasteiger partial charge in [-0.05, 0) is 27.7 Å². The molecule has 0 aromatic carbocycles. The van der Waals surface area contributed by atoms with Gasteiger partial charge in [0.2, 0.25) is 0 Å². The van der Waals surface area contributed by atoms with Crippen LogP contribution in [-0.4, -0.2) is 49.2 Å². The predicted octanol–water partition coefficient (Wildman–Crippen LogP) is 1.06. The Morgan fingerprint density at radius 1 is 0.765 bits per heavy atom. The lowest BCUT2D eigenvalue weighted by Gasteiger charge is -2.25. The molecular formula is C12H20O5. The van der Waals surface area contributed by atoms with Gasteiger partial charge >= 0.3 is 0 Å². The van der Waals surface area contributed by atoms with Gasteiger partial charge < -0.3 is 23.7 Å². The van der Waals surface area contributed by atoms with Gasteiger partial charge in [-0.1, -0.05) is 0 Å². The average molecular weight is 244 g/mol. The fourth-order valence-electron chi connectivity index (χ4n) is 2.77. The molecule has 3 fully saturated rings. The van der Waals surface area contributed by atoms with Gasteiger partial charge in [-0.3, -0.25) is 0 Å². The lowest BCUT2D eigenvalue weighted by molar-refractivity contribution is -0.195. The maximum atomic E-state index is 5.88. The molecule has 0 radical (unpaired) electrons. The highest BCUT2D eigenvalue weighted by molar-refractivity contribution is 4.97. The van der Waals surface area contributed by atoms with Crippen LogP contribution in [0.1, 0.15) is 27.7 Å². The van der Waals surface area contributed by atoms with Gasteiger partial charge in [0.15, 0.2) is 11.6 Å². The maximum absolute atomic E-state index is 5.88. The lowest BCUT2D eigenvalue weighted by atomic mass is 10.1. The first-order chi connectivity index (χ1) is 7.86. The van der Waals surface area contributed by atoms with Gasteiger partial charge in [0.1, 0.15) is 24.4 Å². The Labute approximate surface area is 101 Å². The Bertz CT molecular complexity index is 314. The minimum atomic E-state index is -0.527. The third-order valence-electron chi connectivity index (χ3n) is 3.40. The Balaban J connectivity index is 1.70. The summed E-state index contributed by atoms with van der Waals surface area (Å²) in [5, 5.41) is 0. The average Bonchev–Trinajstić information content (AvgIpc) is 2.77. The Morgan fingerprint density at radius 3 is 2.06 bits per heavy atom. The first kappa shape index (κ1) is 11.9. The summed E-state index contributed by atoms with van der Waals surface area (Å²) in [6, 6.07) is 0. The summed E-state index contributed by atoms with van der Waals surface area (Å²) < 4.78 is 28.8. The third-order valence-corrected chi connectivity index (χ3v) is 3.40. The van der Waals surface area contributed by atoms with Crippen LogP contribution >= 0.6 is 0 Å². The molecular weight excluding hydrogens is 224 g/mol. The van der Waals surface area contributed by atoms with E-state index in [1.165, 1.54) is 0 Å². The van der Waals surface area contributed by atoms with E-state index in [0.29, 0.717) is 13.2 Å². The molecule has 0 spiro atoms. The monoisotopic (exact) mass is 244 g/mol. The molecule has 5 nitrogen and oxygen atoms in total. The Morgan fingerprint density at radius 2 is 1.41 bits per heavy atom. The van der Waals surface area contributed by atoms with Crippen molar-refractivity contribution in [3.63, 3.8) is 0 Å². The standard InChI is InChI=1S/C12H20O5/c1-11(2)14-6-8(15-11)9-10-7(5-13-9)16-12(3,4)17-10/h7-10H,5-6H2,1-4H3. The van der Waals surface area contributed by atoms with Gasteiger partial charge in [-0.25, -0.2) is 0 Å². The van der Waals surface area contributed by atoms with Crippen LogP contribution in [0.2, 0.25) is 0 Å². The Kier molecular flexibility index (Phi) is 2.55. The number of hydrogen-bond donors (Lipinski definition) is 0. The molecule has 3 rings (SSSR count). The minimum Gasteiger partial charge on any atom is -0.370 e. The molecule has 0 amide bonds. The topological polar surface area (TPSA) is 46.2 Å². The molecule has 0 N–H and O–H groups in total. The summed E-state index contributed by atoms with van der Waals surface area (Å²) >= 11 is 0. The van der Waals surface area contributed by atoms with Crippen LogP contribution in [0.3, 0.4) is 0 Å². The molecule has 4 unspecified atom stereocenters. The quantitative estimate of drug-likeness (QED) is 0.690. The molecule has 98 valence electrons. The van der Waals surface area contributed by atoms with E-state index >= 15 is 0 Å². The van der Waals surface area contributed by atoms with Crippen LogP contribution in [0, 0.1) is 0 Å². The molecule has 3 aliphatic rings. The zero-order valence-corrected chi connectivity index (χ0v) is 10.8. The van der Waals surface area contributed by atoms with Gasteiger partial charge in [-0.2, -0.15) is 0 Å². The summed E-state index contributed by atoms with van der Waals surface area (Å²) in [5.74, 6) is -1.05. The summed E-state index contributed by atoms with van der Waals surface area (Å²) in [4.78, 5) is 0. The molecule has 0 bridgehead atoms. The van der Waals surface area contributed by atoms with Crippen molar-refractivity contribution in [3.8, 4) is 0 Å². The van der Waals surface area contributed by atoms with E-state index in [4.69, 9.17) is 23.7 Å². The van der Waals surface area contributed by atoms with E-state index in [1.807, 2.05) is 27.7 Å². The summed E-state index contributed by atoms with van der Waals surface area (Å²) in [6.45, 7) is 8.80. The molecule has 0 saturated carbocycles. The fourth-order valence-corrected chi connectivity index (χ4v) is 2.77. The van der Waals surface area contributed by atoms with Gasteiger partial charge in [0.05, 0.1) is 13.2 Å². The second-order valence-electron chi connectivity index (χ2n) is 5.80. The van der Waals surface area contributed by atoms with E-state index in [1.54, 1.807) is 0 Å². The van der Waals surface area contributed by atoms with E-state index in [-0.39, 0.29) is 24.4 Å². The lowest BCUT2D eigenvalue weighted by Crippen LogP contribution is -2.40. The van der Waals surface area contributed by atoms with Gasteiger partial charge in [0, 0.05) is 0 Å². The zero-order valence-electron chi connectivity index (χ0n) is 10.8. The van der Waals surface area contributed by atoms with Crippen molar-refractivity contribution in [2.75, 3.05) is 13.2 Å². The van der Waals surface area contributed by atoms with Crippen LogP contribution < -0.4 is 0 Å². The summed E-state index contributed by atoms with van der Waals surface area (Å²) in [6.07, 6.45) is -0.198. The summed E-state index contributed by atoms with van der Waals surface area (Å²) in [7, 11) is 0. The molecule has 4 atom stereocenters. The molecule has 3 aliphatic heterocycles. The Hall–Kier alpha value is -0.200. The molecule has 17 heavy (non-hydrogen) atoms. The van der Waals surface area contributed by atoms with Crippen molar-refractivity contribution in [1.82, 2.24) is 0 Å². The highest BCUT2D eigenvalue weighted by atomic mass is 16.8. The third kappa shape index (κ3) is 2.11. The molecule has 3 saturated heterocycles. The van der Waals surface area contributed by atoms with Gasteiger partial charge in [0.25, 0.3) is 0 Å². The first-order valence-corrected chi connectivity index (χ1v) is 6.15. The second-order valence-corrected chi connectivity index (χ2v) is 5.80. The van der Waals surface area contributed by atoms with Crippen LogP contribution in [0.15, 0.2) is 0 Å². The summed E-state index contributed by atoms with van der Waals surface area (Å²) in [5.41, 5.74) is 0. The fraction of sp³-hybridized carbons (Fsp3) is 1.00. The van der Waals surface area contributed by atoms with Crippen LogP contribution in [-0.2, 0) is 23.7 Å². The van der Waals surface area contributed by atoms with Crippen molar-refractivity contribution in [1.29, 1.82) is 0 Å². The molecule has 0 aromatic rings. The number of fused-ring (bicyclic) bond motifs is 1. The molecule has 3 heterocycles. The van der Waals surface area contributed by atoms with Crippen LogP contribution in [0.4, 0.5) is 0 Å². The van der Waals surface area contributed by atoms with Crippen molar-refractivity contribution < 1.29 is 23.7 Å². The minimum absolute atomic E-state index is 0.0160. The predicted molar refractivity (Wildman–Crippen MR) is 58.5 cm³/mol. The largest absolute Gasteiger partial charge is 0.370 e. The van der Waals surface area contributed by atoms with Crippen LogP contribution in [0.5, 0.6) is 0 Å². The number of rotatable bonds is 1. The highest BCUT2D eigenvalue weighted by Crippen LogP contribution is 2.39. The SMILES string of the molecule is CC1(C)OCC(C2OCC3OC(C)(C)OC32)O1. The van der Waals surface area contributed by atoms with Crippen molar-refractivity contribution in [2.45, 2.75) is 63.7 Å². The molecule has 0 aromatic heterocycles. The smallest absolute Gasteiger partial charge is 0.164 e. The van der Waals surface area contributed by atoms with Gasteiger partial charge in [-0.15, -0.1) is 0 Å². The maximum Gasteiger partial charge on any atom is 0.164 e. The van der Waals surface area contributed by atoms with Crippen molar-refractivity contribution >= 4 is 0 Å².